The van der Waals surface area contributed by atoms with E-state index in [4.69, 9.17) is 4.74 Å². The van der Waals surface area contributed by atoms with Crippen LogP contribution in [0.15, 0.2) is 46.5 Å². The van der Waals surface area contributed by atoms with E-state index < -0.39 is 17.7 Å². The third kappa shape index (κ3) is 6.11. The fourth-order valence-corrected chi connectivity index (χ4v) is 5.09. The third-order valence-electron chi connectivity index (χ3n) is 4.64. The quantitative estimate of drug-likeness (QED) is 0.196. The minimum absolute atomic E-state index is 0.176. The smallest absolute Gasteiger partial charge is 0.416 e. The van der Waals surface area contributed by atoms with Gasteiger partial charge in [0.05, 0.1) is 18.4 Å². The van der Waals surface area contributed by atoms with E-state index in [-0.39, 0.29) is 12.3 Å². The number of carbonyl (C=O) groups excluding carboxylic acids is 1. The first kappa shape index (κ1) is 24.7. The Hall–Kier alpha value is -2.92. The number of carbonyl (C=O) groups is 1. The Balaban J connectivity index is 1.75. The maximum Gasteiger partial charge on any atom is 0.416 e. The number of aromatic nitrogens is 1. The molecule has 0 bridgehead atoms. The highest BCUT2D eigenvalue weighted by molar-refractivity contribution is 7.98. The Kier molecular flexibility index (Phi) is 7.75. The molecule has 33 heavy (non-hydrogen) atoms. The van der Waals surface area contributed by atoms with Crippen LogP contribution in [-0.2, 0) is 21.5 Å². The highest BCUT2D eigenvalue weighted by Crippen LogP contribution is 2.39. The number of alkyl halides is 3. The summed E-state index contributed by atoms with van der Waals surface area (Å²) in [7, 11) is 1.25. The molecule has 2 aromatic carbocycles. The van der Waals surface area contributed by atoms with Crippen molar-refractivity contribution in [2.24, 2.45) is 5.18 Å². The summed E-state index contributed by atoms with van der Waals surface area (Å²) in [5.74, 6) is 0.310. The van der Waals surface area contributed by atoms with Crippen LogP contribution in [0.4, 0.5) is 18.9 Å². The predicted octanol–water partition coefficient (Wildman–Crippen LogP) is 6.69. The van der Waals surface area contributed by atoms with E-state index in [2.05, 4.69) is 14.9 Å². The van der Waals surface area contributed by atoms with Crippen molar-refractivity contribution in [2.75, 3.05) is 13.7 Å². The molecule has 11 heteroatoms. The van der Waals surface area contributed by atoms with E-state index >= 15 is 0 Å². The maximum absolute atomic E-state index is 12.8. The van der Waals surface area contributed by atoms with Crippen LogP contribution in [-0.4, -0.2) is 24.7 Å². The highest BCUT2D eigenvalue weighted by atomic mass is 32.2. The van der Waals surface area contributed by atoms with Gasteiger partial charge in [-0.3, -0.25) is 0 Å². The standard InChI is InChI=1S/C22H19F3N2O4S2/c1-12-8-18(16(27-29)9-17(12)31-10-20(28)30-3)32-11-19-13(2)26-21(33-19)14-4-6-15(7-5-14)22(23,24)25/h4-9H,10-11H2,1-3H3. The lowest BCUT2D eigenvalue weighted by atomic mass is 10.1. The molecule has 0 aliphatic heterocycles. The van der Waals surface area contributed by atoms with Crippen molar-refractivity contribution in [1.82, 2.24) is 4.98 Å². The van der Waals surface area contributed by atoms with Crippen molar-refractivity contribution in [1.29, 1.82) is 0 Å². The number of nitroso groups, excluding NO2 is 1. The summed E-state index contributed by atoms with van der Waals surface area (Å²) in [6, 6.07) is 8.11. The number of nitrogens with zero attached hydrogens (tertiary/aromatic N) is 2. The van der Waals surface area contributed by atoms with Crippen LogP contribution in [0.25, 0.3) is 10.6 Å². The third-order valence-corrected chi connectivity index (χ3v) is 7.10. The minimum Gasteiger partial charge on any atom is -0.482 e. The van der Waals surface area contributed by atoms with Gasteiger partial charge >= 0.3 is 12.1 Å². The first-order chi connectivity index (χ1) is 15.6. The van der Waals surface area contributed by atoms with E-state index in [1.165, 1.54) is 48.4 Å². The van der Waals surface area contributed by atoms with Crippen LogP contribution in [0.3, 0.4) is 0 Å². The zero-order valence-corrected chi connectivity index (χ0v) is 19.5. The lowest BCUT2D eigenvalue weighted by molar-refractivity contribution is -0.143. The van der Waals surface area contributed by atoms with Gasteiger partial charge in [-0.2, -0.15) is 13.2 Å². The number of thioether (sulfide) groups is 1. The molecule has 0 atom stereocenters. The van der Waals surface area contributed by atoms with Crippen LogP contribution in [0.5, 0.6) is 5.75 Å². The molecule has 0 amide bonds. The fourth-order valence-electron chi connectivity index (χ4n) is 2.82. The number of aryl methyl sites for hydroxylation is 2. The molecule has 0 saturated heterocycles. The van der Waals surface area contributed by atoms with Crippen LogP contribution >= 0.6 is 23.1 Å². The summed E-state index contributed by atoms with van der Waals surface area (Å²) in [5, 5.41) is 3.68. The number of esters is 1. The maximum atomic E-state index is 12.8. The van der Waals surface area contributed by atoms with Crippen LogP contribution in [0.2, 0.25) is 0 Å². The molecule has 0 unspecified atom stereocenters. The summed E-state index contributed by atoms with van der Waals surface area (Å²) < 4.78 is 48.3. The van der Waals surface area contributed by atoms with Crippen molar-refractivity contribution in [3.63, 3.8) is 0 Å². The summed E-state index contributed by atoms with van der Waals surface area (Å²) >= 11 is 2.77. The van der Waals surface area contributed by atoms with Gasteiger partial charge in [0.1, 0.15) is 16.4 Å². The average Bonchev–Trinajstić information content (AvgIpc) is 3.16. The Bertz CT molecular complexity index is 1160. The Morgan fingerprint density at radius 3 is 2.48 bits per heavy atom. The average molecular weight is 497 g/mol. The molecule has 1 aromatic heterocycles. The molecule has 3 rings (SSSR count). The number of hydrogen-bond donors (Lipinski definition) is 0. The molecule has 1 heterocycles. The predicted molar refractivity (Wildman–Crippen MR) is 121 cm³/mol. The molecule has 0 fully saturated rings. The number of rotatable bonds is 8. The second-order valence-corrected chi connectivity index (χ2v) is 9.03. The molecule has 0 aliphatic carbocycles. The Labute approximate surface area is 196 Å². The van der Waals surface area contributed by atoms with Crippen molar-refractivity contribution >= 4 is 34.8 Å². The van der Waals surface area contributed by atoms with Crippen molar-refractivity contribution in [2.45, 2.75) is 30.7 Å². The van der Waals surface area contributed by atoms with Crippen LogP contribution in [0, 0.1) is 18.8 Å². The molecule has 0 N–H and O–H groups in total. The molecule has 174 valence electrons. The zero-order valence-electron chi connectivity index (χ0n) is 17.9. The second kappa shape index (κ2) is 10.3. The number of hydrogen-bond acceptors (Lipinski definition) is 8. The normalized spacial score (nSPS) is 11.3. The molecule has 0 aliphatic rings. The molecule has 0 spiro atoms. The first-order valence-corrected chi connectivity index (χ1v) is 11.4. The molecule has 0 saturated carbocycles. The largest absolute Gasteiger partial charge is 0.482 e. The fraction of sp³-hybridized carbons (Fsp3) is 0.273. The lowest BCUT2D eigenvalue weighted by Crippen LogP contribution is -2.13. The summed E-state index contributed by atoms with van der Waals surface area (Å²) in [6.45, 7) is 3.33. The van der Waals surface area contributed by atoms with Gasteiger partial charge in [0.2, 0.25) is 0 Å². The summed E-state index contributed by atoms with van der Waals surface area (Å²) in [5.41, 5.74) is 1.55. The molecular weight excluding hydrogens is 477 g/mol. The Morgan fingerprint density at radius 1 is 1.18 bits per heavy atom. The van der Waals surface area contributed by atoms with Gasteiger partial charge in [-0.1, -0.05) is 12.1 Å². The number of methoxy groups -OCH3 is 1. The van der Waals surface area contributed by atoms with Gasteiger partial charge in [-0.05, 0) is 42.8 Å². The van der Waals surface area contributed by atoms with E-state index in [1.807, 2.05) is 6.92 Å². The monoisotopic (exact) mass is 496 g/mol. The SMILES string of the molecule is COC(=O)COc1cc(N=O)c(SCc2sc(-c3ccc(C(F)(F)F)cc3)nc2C)cc1C. The van der Waals surface area contributed by atoms with Gasteiger partial charge in [-0.15, -0.1) is 28.0 Å². The summed E-state index contributed by atoms with van der Waals surface area (Å²) in [4.78, 5) is 28.7. The zero-order chi connectivity index (χ0) is 24.2. The van der Waals surface area contributed by atoms with Crippen LogP contribution in [0.1, 0.15) is 21.7 Å². The van der Waals surface area contributed by atoms with Crippen molar-refractivity contribution < 1.29 is 27.4 Å². The number of thiazole rings is 1. The van der Waals surface area contributed by atoms with Gasteiger partial charge < -0.3 is 9.47 Å². The molecular formula is C22H19F3N2O4S2. The highest BCUT2D eigenvalue weighted by Gasteiger charge is 2.30. The van der Waals surface area contributed by atoms with E-state index in [1.54, 1.807) is 13.0 Å². The topological polar surface area (TPSA) is 77.9 Å². The molecule has 3 aromatic rings. The number of ether oxygens (including phenoxy) is 2. The van der Waals surface area contributed by atoms with Crippen LogP contribution < -0.4 is 4.74 Å². The van der Waals surface area contributed by atoms with Gasteiger partial charge in [0.25, 0.3) is 0 Å². The van der Waals surface area contributed by atoms with Gasteiger partial charge in [-0.25, -0.2) is 9.78 Å². The van der Waals surface area contributed by atoms with Crippen molar-refractivity contribution in [3.8, 4) is 16.3 Å². The lowest BCUT2D eigenvalue weighted by Gasteiger charge is -2.11. The van der Waals surface area contributed by atoms with E-state index in [0.717, 1.165) is 28.3 Å². The minimum atomic E-state index is -4.39. The van der Waals surface area contributed by atoms with Crippen molar-refractivity contribution in [3.05, 3.63) is 63.0 Å². The molecule has 6 nitrogen and oxygen atoms in total. The second-order valence-electron chi connectivity index (χ2n) is 6.93. The number of halogens is 3. The van der Waals surface area contributed by atoms with E-state index in [9.17, 15) is 22.9 Å². The first-order valence-electron chi connectivity index (χ1n) is 9.56. The van der Waals surface area contributed by atoms with Gasteiger partial charge in [0, 0.05) is 27.2 Å². The summed E-state index contributed by atoms with van der Waals surface area (Å²) in [6.07, 6.45) is -4.39. The van der Waals surface area contributed by atoms with E-state index in [0.29, 0.717) is 27.0 Å². The van der Waals surface area contributed by atoms with Gasteiger partial charge in [0.15, 0.2) is 6.61 Å². The molecule has 0 radical (unpaired) electrons. The number of benzene rings is 2. The Morgan fingerprint density at radius 2 is 1.88 bits per heavy atom.